The fourth-order valence-electron chi connectivity index (χ4n) is 8.83. The largest absolute Gasteiger partial charge is 0.309 e. The SMILES string of the molecule is CC(C)(C)c1ccc(N(c2ccc(C(C)(C)C)cc2)c2c(C#N)cc3ccc4c(N(c5ccc(C(C)(C)C)cc5)c5ccc(C(C)(C)C)cc5)c(C#N)cc5ccc2c3c54)cc1. The van der Waals surface area contributed by atoms with Gasteiger partial charge in [-0.1, -0.05) is 156 Å². The van der Waals surface area contributed by atoms with Crippen molar-refractivity contribution in [1.29, 1.82) is 10.5 Å². The van der Waals surface area contributed by atoms with E-state index in [1.54, 1.807) is 0 Å². The molecular formula is C58H58N4. The minimum absolute atomic E-state index is 0.0142. The van der Waals surface area contributed by atoms with Gasteiger partial charge in [-0.05, 0) is 126 Å². The number of hydrogen-bond donors (Lipinski definition) is 0. The molecule has 0 N–H and O–H groups in total. The van der Waals surface area contributed by atoms with Crippen LogP contribution in [0.4, 0.5) is 34.1 Å². The van der Waals surface area contributed by atoms with Crippen LogP contribution in [0.5, 0.6) is 0 Å². The lowest BCUT2D eigenvalue weighted by Gasteiger charge is -2.31. The molecule has 0 amide bonds. The van der Waals surface area contributed by atoms with Crippen molar-refractivity contribution in [2.45, 2.75) is 105 Å². The van der Waals surface area contributed by atoms with Crippen molar-refractivity contribution in [3.8, 4) is 12.1 Å². The second-order valence-electron chi connectivity index (χ2n) is 21.0. The highest BCUT2D eigenvalue weighted by Gasteiger charge is 2.28. The minimum atomic E-state index is -0.0142. The van der Waals surface area contributed by atoms with Crippen LogP contribution in [0.2, 0.25) is 0 Å². The van der Waals surface area contributed by atoms with Crippen LogP contribution >= 0.6 is 0 Å². The fourth-order valence-corrected chi connectivity index (χ4v) is 8.83. The summed E-state index contributed by atoms with van der Waals surface area (Å²) < 4.78 is 0. The first-order valence-electron chi connectivity index (χ1n) is 21.8. The first-order valence-corrected chi connectivity index (χ1v) is 21.8. The predicted molar refractivity (Wildman–Crippen MR) is 264 cm³/mol. The van der Waals surface area contributed by atoms with Gasteiger partial charge in [0.05, 0.1) is 22.5 Å². The molecule has 0 saturated heterocycles. The molecular weight excluding hydrogens is 753 g/mol. The molecule has 8 rings (SSSR count). The Morgan fingerprint density at radius 1 is 0.339 bits per heavy atom. The van der Waals surface area contributed by atoms with Crippen LogP contribution < -0.4 is 9.80 Å². The van der Waals surface area contributed by atoms with Crippen LogP contribution in [0, 0.1) is 22.7 Å². The Labute approximate surface area is 369 Å². The molecule has 0 unspecified atom stereocenters. The molecule has 0 aliphatic carbocycles. The van der Waals surface area contributed by atoms with Crippen molar-refractivity contribution >= 4 is 66.4 Å². The molecule has 0 bridgehead atoms. The minimum Gasteiger partial charge on any atom is -0.309 e. The third-order valence-electron chi connectivity index (χ3n) is 12.5. The summed E-state index contributed by atoms with van der Waals surface area (Å²) in [5.41, 5.74) is 11.7. The van der Waals surface area contributed by atoms with E-state index in [2.05, 4.69) is 226 Å². The number of nitrogens with zero attached hydrogens (tertiary/aromatic N) is 4. The maximum atomic E-state index is 11.0. The molecule has 0 atom stereocenters. The maximum Gasteiger partial charge on any atom is 0.101 e. The van der Waals surface area contributed by atoms with Gasteiger partial charge in [0, 0.05) is 33.5 Å². The molecule has 4 heteroatoms. The molecule has 0 aliphatic heterocycles. The van der Waals surface area contributed by atoms with E-state index in [1.807, 2.05) is 12.1 Å². The van der Waals surface area contributed by atoms with Gasteiger partial charge in [-0.25, -0.2) is 0 Å². The Kier molecular flexibility index (Phi) is 10.2. The van der Waals surface area contributed by atoms with Crippen molar-refractivity contribution in [3.63, 3.8) is 0 Å². The first kappa shape index (κ1) is 42.1. The molecule has 0 heterocycles. The summed E-state index contributed by atoms with van der Waals surface area (Å²) in [6, 6.07) is 53.0. The van der Waals surface area contributed by atoms with Crippen molar-refractivity contribution in [1.82, 2.24) is 0 Å². The van der Waals surface area contributed by atoms with Gasteiger partial charge < -0.3 is 9.80 Å². The lowest BCUT2D eigenvalue weighted by atomic mass is 9.86. The molecule has 0 saturated carbocycles. The van der Waals surface area contributed by atoms with Crippen LogP contribution in [-0.4, -0.2) is 0 Å². The molecule has 0 radical (unpaired) electrons. The van der Waals surface area contributed by atoms with Crippen LogP contribution in [0.3, 0.4) is 0 Å². The number of nitriles is 2. The zero-order valence-corrected chi connectivity index (χ0v) is 38.5. The number of rotatable bonds is 6. The fraction of sp³-hybridized carbons (Fsp3) is 0.276. The van der Waals surface area contributed by atoms with E-state index in [0.29, 0.717) is 11.1 Å². The summed E-state index contributed by atoms with van der Waals surface area (Å²) in [7, 11) is 0. The summed E-state index contributed by atoms with van der Waals surface area (Å²) in [4.78, 5) is 4.51. The predicted octanol–water partition coefficient (Wildman–Crippen LogP) is 16.5. The molecule has 62 heavy (non-hydrogen) atoms. The lowest BCUT2D eigenvalue weighted by Crippen LogP contribution is -2.16. The van der Waals surface area contributed by atoms with Crippen LogP contribution in [-0.2, 0) is 21.7 Å². The molecule has 4 nitrogen and oxygen atoms in total. The van der Waals surface area contributed by atoms with E-state index < -0.39 is 0 Å². The van der Waals surface area contributed by atoms with E-state index in [4.69, 9.17) is 0 Å². The highest BCUT2D eigenvalue weighted by molar-refractivity contribution is 6.29. The Balaban J connectivity index is 1.44. The van der Waals surface area contributed by atoms with Gasteiger partial charge in [0.15, 0.2) is 0 Å². The van der Waals surface area contributed by atoms with E-state index in [0.717, 1.165) is 66.4 Å². The monoisotopic (exact) mass is 810 g/mol. The van der Waals surface area contributed by atoms with Crippen LogP contribution in [0.15, 0.2) is 133 Å². The van der Waals surface area contributed by atoms with E-state index in [1.165, 1.54) is 22.3 Å². The van der Waals surface area contributed by atoms with Crippen LogP contribution in [0.25, 0.3) is 32.3 Å². The molecule has 310 valence electrons. The highest BCUT2D eigenvalue weighted by Crippen LogP contribution is 2.50. The third kappa shape index (κ3) is 7.54. The molecule has 0 spiro atoms. The van der Waals surface area contributed by atoms with E-state index in [9.17, 15) is 10.5 Å². The normalized spacial score (nSPS) is 12.5. The number of hydrogen-bond acceptors (Lipinski definition) is 4. The zero-order chi connectivity index (χ0) is 44.5. The van der Waals surface area contributed by atoms with Gasteiger partial charge in [-0.15, -0.1) is 0 Å². The summed E-state index contributed by atoms with van der Waals surface area (Å²) in [6.45, 7) is 26.8. The molecule has 8 aromatic carbocycles. The average molecular weight is 811 g/mol. The summed E-state index contributed by atoms with van der Waals surface area (Å²) >= 11 is 0. The van der Waals surface area contributed by atoms with Crippen molar-refractivity contribution in [3.05, 3.63) is 167 Å². The molecule has 8 aromatic rings. The standard InChI is InChI=1S/C58H58N4/c1-55(2,3)41-15-23-45(24-16-41)61(46-25-17-42(18-26-46)56(4,5)6)53-39(35-59)33-37-14-32-50-52-38(13-31-49(53)51(37)52)34-40(36-60)54(50)62(47-27-19-43(20-28-47)57(7,8)9)48-29-21-44(22-30-48)58(10,11)12/h13-34H,1-12H3. The Morgan fingerprint density at radius 3 is 0.790 bits per heavy atom. The maximum absolute atomic E-state index is 11.0. The first-order chi connectivity index (χ1) is 29.2. The van der Waals surface area contributed by atoms with Crippen molar-refractivity contribution in [2.75, 3.05) is 9.80 Å². The van der Waals surface area contributed by atoms with Gasteiger partial charge in [-0.2, -0.15) is 10.5 Å². The summed E-state index contributed by atoms with van der Waals surface area (Å²) in [6.07, 6.45) is 0. The highest BCUT2D eigenvalue weighted by atomic mass is 15.2. The molecule has 0 fully saturated rings. The Bertz CT molecular complexity index is 2700. The average Bonchev–Trinajstić information content (AvgIpc) is 3.23. The molecule has 0 aliphatic rings. The second kappa shape index (κ2) is 15.1. The second-order valence-corrected chi connectivity index (χ2v) is 21.0. The van der Waals surface area contributed by atoms with E-state index in [-0.39, 0.29) is 21.7 Å². The van der Waals surface area contributed by atoms with Crippen molar-refractivity contribution in [2.24, 2.45) is 0 Å². The smallest absolute Gasteiger partial charge is 0.101 e. The Hall–Kier alpha value is -6.62. The van der Waals surface area contributed by atoms with Crippen molar-refractivity contribution < 1.29 is 0 Å². The quantitative estimate of drug-likeness (QED) is 0.157. The summed E-state index contributed by atoms with van der Waals surface area (Å²) in [5.74, 6) is 0. The number of benzene rings is 8. The third-order valence-corrected chi connectivity index (χ3v) is 12.5. The zero-order valence-electron chi connectivity index (χ0n) is 38.5. The van der Waals surface area contributed by atoms with Gasteiger partial charge in [0.2, 0.25) is 0 Å². The molecule has 0 aromatic heterocycles. The lowest BCUT2D eigenvalue weighted by molar-refractivity contribution is 0.590. The number of anilines is 6. The van der Waals surface area contributed by atoms with Gasteiger partial charge in [-0.3, -0.25) is 0 Å². The van der Waals surface area contributed by atoms with Gasteiger partial charge in [0.25, 0.3) is 0 Å². The summed E-state index contributed by atoms with van der Waals surface area (Å²) in [5, 5.41) is 28.0. The van der Waals surface area contributed by atoms with Gasteiger partial charge >= 0.3 is 0 Å². The topological polar surface area (TPSA) is 54.1 Å². The van der Waals surface area contributed by atoms with Gasteiger partial charge in [0.1, 0.15) is 12.1 Å². The van der Waals surface area contributed by atoms with Crippen LogP contribution in [0.1, 0.15) is 116 Å². The Morgan fingerprint density at radius 2 is 0.581 bits per heavy atom. The van der Waals surface area contributed by atoms with E-state index >= 15 is 0 Å².